The third-order valence-corrected chi connectivity index (χ3v) is 3.37. The van der Waals surface area contributed by atoms with Crippen LogP contribution < -0.4 is 16.0 Å². The maximum absolute atomic E-state index is 12.6. The summed E-state index contributed by atoms with van der Waals surface area (Å²) in [5, 5.41) is 11.2. The Morgan fingerprint density at radius 1 is 1.18 bits per heavy atom. The van der Waals surface area contributed by atoms with Crippen LogP contribution in [0, 0.1) is 6.92 Å². The van der Waals surface area contributed by atoms with Crippen molar-refractivity contribution >= 4 is 23.7 Å². The van der Waals surface area contributed by atoms with Gasteiger partial charge < -0.3 is 25.2 Å². The summed E-state index contributed by atoms with van der Waals surface area (Å²) in [6.07, 6.45) is -0.737. The number of ether oxygens (including phenoxy) is 1. The molecule has 0 saturated carbocycles. The van der Waals surface area contributed by atoms with Crippen LogP contribution in [0.2, 0.25) is 0 Å². The van der Waals surface area contributed by atoms with Crippen molar-refractivity contribution in [2.45, 2.75) is 39.3 Å². The molecule has 2 rings (SSSR count). The highest BCUT2D eigenvalue weighted by molar-refractivity contribution is 5.95. The van der Waals surface area contributed by atoms with Gasteiger partial charge in [0, 0.05) is 6.07 Å². The predicted octanol–water partition coefficient (Wildman–Crippen LogP) is 2.30. The molecule has 0 aliphatic heterocycles. The molecule has 2 aromatic rings. The number of benzene rings is 1. The second-order valence-corrected chi connectivity index (χ2v) is 7.08. The van der Waals surface area contributed by atoms with Crippen molar-refractivity contribution in [1.29, 1.82) is 0 Å². The fourth-order valence-corrected chi connectivity index (χ4v) is 2.25. The van der Waals surface area contributed by atoms with Crippen molar-refractivity contribution in [3.63, 3.8) is 0 Å². The van der Waals surface area contributed by atoms with Gasteiger partial charge in [0.15, 0.2) is 5.82 Å². The molecule has 0 bridgehead atoms. The average molecular weight is 388 g/mol. The Bertz CT molecular complexity index is 826. The van der Waals surface area contributed by atoms with Crippen molar-refractivity contribution < 1.29 is 23.6 Å². The van der Waals surface area contributed by atoms with E-state index >= 15 is 0 Å². The van der Waals surface area contributed by atoms with Crippen LogP contribution in [0.1, 0.15) is 38.1 Å². The van der Waals surface area contributed by atoms with Gasteiger partial charge >= 0.3 is 6.09 Å². The van der Waals surface area contributed by atoms with Gasteiger partial charge in [-0.25, -0.2) is 4.79 Å². The Morgan fingerprint density at radius 2 is 1.86 bits per heavy atom. The summed E-state index contributed by atoms with van der Waals surface area (Å²) in [6, 6.07) is 9.20. The molecule has 0 saturated heterocycles. The van der Waals surface area contributed by atoms with Gasteiger partial charge in [0.1, 0.15) is 17.4 Å². The Balaban J connectivity index is 2.00. The summed E-state index contributed by atoms with van der Waals surface area (Å²) in [5.74, 6) is -0.234. The molecule has 9 nitrogen and oxygen atoms in total. The maximum atomic E-state index is 12.6. The molecular weight excluding hydrogens is 364 g/mol. The van der Waals surface area contributed by atoms with Crippen LogP contribution >= 0.6 is 0 Å². The lowest BCUT2D eigenvalue weighted by Crippen LogP contribution is -2.44. The molecule has 0 aliphatic carbocycles. The third kappa shape index (κ3) is 6.75. The smallest absolute Gasteiger partial charge is 0.408 e. The lowest BCUT2D eigenvalue weighted by atomic mass is 10.1. The van der Waals surface area contributed by atoms with Gasteiger partial charge in [-0.2, -0.15) is 0 Å². The molecule has 1 aromatic heterocycles. The predicted molar refractivity (Wildman–Crippen MR) is 101 cm³/mol. The second kappa shape index (κ2) is 9.03. The van der Waals surface area contributed by atoms with Gasteiger partial charge in [-0.3, -0.25) is 9.59 Å². The van der Waals surface area contributed by atoms with Crippen molar-refractivity contribution in [3.05, 3.63) is 47.7 Å². The van der Waals surface area contributed by atoms with Crippen LogP contribution in [0.4, 0.5) is 10.6 Å². The van der Waals surface area contributed by atoms with E-state index in [-0.39, 0.29) is 12.4 Å². The third-order valence-electron chi connectivity index (χ3n) is 3.37. The number of carbonyl (C=O) groups is 3. The van der Waals surface area contributed by atoms with Crippen LogP contribution in [0.15, 0.2) is 40.9 Å². The standard InChI is InChI=1S/C19H24N4O5/c1-12-10-14(23-28-12)21-15(24)11-20-17(25)16(13-8-6-5-7-9-13)22-18(26)27-19(2,3)4/h5-10,16H,11H2,1-4H3,(H,20,25)(H,22,26)(H,21,23,24). The topological polar surface area (TPSA) is 123 Å². The van der Waals surface area contributed by atoms with Gasteiger partial charge in [0.25, 0.3) is 0 Å². The van der Waals surface area contributed by atoms with E-state index < -0.39 is 29.6 Å². The molecule has 0 spiro atoms. The quantitative estimate of drug-likeness (QED) is 0.698. The van der Waals surface area contributed by atoms with E-state index in [2.05, 4.69) is 21.1 Å². The Hall–Kier alpha value is -3.36. The van der Waals surface area contributed by atoms with Crippen LogP contribution in [0.5, 0.6) is 0 Å². The number of hydrogen-bond acceptors (Lipinski definition) is 6. The Kier molecular flexibility index (Phi) is 6.75. The fraction of sp³-hybridized carbons (Fsp3) is 0.368. The monoisotopic (exact) mass is 388 g/mol. The Labute approximate surface area is 162 Å². The molecule has 9 heteroatoms. The number of alkyl carbamates (subject to hydrolysis) is 1. The minimum atomic E-state index is -1.02. The molecular formula is C19H24N4O5. The van der Waals surface area contributed by atoms with Gasteiger partial charge in [-0.05, 0) is 33.3 Å². The second-order valence-electron chi connectivity index (χ2n) is 7.08. The average Bonchev–Trinajstić information content (AvgIpc) is 3.01. The summed E-state index contributed by atoms with van der Waals surface area (Å²) >= 11 is 0. The number of aryl methyl sites for hydroxylation is 1. The highest BCUT2D eigenvalue weighted by atomic mass is 16.6. The lowest BCUT2D eigenvalue weighted by molar-refractivity contribution is -0.125. The molecule has 3 amide bonds. The van der Waals surface area contributed by atoms with Crippen molar-refractivity contribution in [2.24, 2.45) is 0 Å². The SMILES string of the molecule is Cc1cc(NC(=O)CNC(=O)C(NC(=O)OC(C)(C)C)c2ccccc2)no1. The molecule has 0 radical (unpaired) electrons. The number of nitrogens with one attached hydrogen (secondary N) is 3. The highest BCUT2D eigenvalue weighted by Gasteiger charge is 2.26. The molecule has 1 unspecified atom stereocenters. The zero-order valence-electron chi connectivity index (χ0n) is 16.2. The number of hydrogen-bond donors (Lipinski definition) is 3. The first-order valence-electron chi connectivity index (χ1n) is 8.69. The van der Waals surface area contributed by atoms with Gasteiger partial charge in [-0.15, -0.1) is 0 Å². The first-order chi connectivity index (χ1) is 13.1. The van der Waals surface area contributed by atoms with E-state index in [0.29, 0.717) is 11.3 Å². The van der Waals surface area contributed by atoms with Gasteiger partial charge in [-0.1, -0.05) is 35.5 Å². The van der Waals surface area contributed by atoms with Gasteiger partial charge in [0.2, 0.25) is 11.8 Å². The number of rotatable bonds is 6. The highest BCUT2D eigenvalue weighted by Crippen LogP contribution is 2.15. The molecule has 1 heterocycles. The summed E-state index contributed by atoms with van der Waals surface area (Å²) < 4.78 is 10.1. The molecule has 0 fully saturated rings. The minimum Gasteiger partial charge on any atom is -0.444 e. The molecule has 3 N–H and O–H groups in total. The summed E-state index contributed by atoms with van der Waals surface area (Å²) in [7, 11) is 0. The van der Waals surface area contributed by atoms with E-state index in [1.165, 1.54) is 0 Å². The molecule has 28 heavy (non-hydrogen) atoms. The minimum absolute atomic E-state index is 0.253. The molecule has 1 atom stereocenters. The van der Waals surface area contributed by atoms with Gasteiger partial charge in [0.05, 0.1) is 6.54 Å². The molecule has 1 aromatic carbocycles. The van der Waals surface area contributed by atoms with Crippen LogP contribution in [-0.4, -0.2) is 35.2 Å². The zero-order chi connectivity index (χ0) is 20.7. The number of nitrogens with zero attached hydrogens (tertiary/aromatic N) is 1. The van der Waals surface area contributed by atoms with E-state index in [1.54, 1.807) is 64.1 Å². The van der Waals surface area contributed by atoms with Crippen LogP contribution in [0.25, 0.3) is 0 Å². The first kappa shape index (κ1) is 20.9. The van der Waals surface area contributed by atoms with Crippen LogP contribution in [0.3, 0.4) is 0 Å². The van der Waals surface area contributed by atoms with E-state index in [0.717, 1.165) is 0 Å². The van der Waals surface area contributed by atoms with Crippen molar-refractivity contribution in [1.82, 2.24) is 15.8 Å². The van der Waals surface area contributed by atoms with E-state index in [9.17, 15) is 14.4 Å². The lowest BCUT2D eigenvalue weighted by Gasteiger charge is -2.23. The number of carbonyl (C=O) groups excluding carboxylic acids is 3. The van der Waals surface area contributed by atoms with E-state index in [4.69, 9.17) is 9.26 Å². The molecule has 0 aliphatic rings. The zero-order valence-corrected chi connectivity index (χ0v) is 16.2. The first-order valence-corrected chi connectivity index (χ1v) is 8.69. The number of anilines is 1. The normalized spacial score (nSPS) is 12.0. The summed E-state index contributed by atoms with van der Waals surface area (Å²) in [4.78, 5) is 36.7. The summed E-state index contributed by atoms with van der Waals surface area (Å²) in [5.41, 5.74) is -0.157. The Morgan fingerprint density at radius 3 is 2.43 bits per heavy atom. The van der Waals surface area contributed by atoms with Crippen LogP contribution in [-0.2, 0) is 14.3 Å². The van der Waals surface area contributed by atoms with Crippen molar-refractivity contribution in [3.8, 4) is 0 Å². The summed E-state index contributed by atoms with van der Waals surface area (Å²) in [6.45, 7) is 6.56. The maximum Gasteiger partial charge on any atom is 0.408 e. The number of amides is 3. The molecule has 150 valence electrons. The van der Waals surface area contributed by atoms with Crippen molar-refractivity contribution in [2.75, 3.05) is 11.9 Å². The van der Waals surface area contributed by atoms with E-state index in [1.807, 2.05) is 0 Å². The fourth-order valence-electron chi connectivity index (χ4n) is 2.25. The largest absolute Gasteiger partial charge is 0.444 e. The number of aromatic nitrogens is 1.